The van der Waals surface area contributed by atoms with E-state index in [4.69, 9.17) is 4.74 Å². The standard InChI is InChI=1S/C24H23N3OS/c1-2-18-9-6-10-21(15-18)23-25-24(27-26-23)29-17-20-11-13-22(14-12-20)28-16-19-7-4-3-5-8-19/h3-15H,2,16-17H2,1H3,(H,25,26,27). The van der Waals surface area contributed by atoms with Crippen LogP contribution in [0.15, 0.2) is 84.0 Å². The predicted molar refractivity (Wildman–Crippen MR) is 118 cm³/mol. The Kier molecular flexibility index (Phi) is 6.27. The molecule has 3 aromatic carbocycles. The minimum absolute atomic E-state index is 0.578. The third-order valence-corrected chi connectivity index (χ3v) is 5.53. The lowest BCUT2D eigenvalue weighted by atomic mass is 10.1. The Labute approximate surface area is 175 Å². The molecule has 4 aromatic rings. The van der Waals surface area contributed by atoms with Crippen LogP contribution in [0.3, 0.4) is 0 Å². The van der Waals surface area contributed by atoms with Gasteiger partial charge in [0.1, 0.15) is 12.4 Å². The normalized spacial score (nSPS) is 10.8. The molecule has 0 atom stereocenters. The lowest BCUT2D eigenvalue weighted by molar-refractivity contribution is 0.306. The van der Waals surface area contributed by atoms with Gasteiger partial charge in [0.25, 0.3) is 0 Å². The smallest absolute Gasteiger partial charge is 0.209 e. The van der Waals surface area contributed by atoms with E-state index < -0.39 is 0 Å². The lowest BCUT2D eigenvalue weighted by Gasteiger charge is -2.07. The van der Waals surface area contributed by atoms with Gasteiger partial charge in [-0.2, -0.15) is 0 Å². The maximum absolute atomic E-state index is 5.84. The van der Waals surface area contributed by atoms with Crippen molar-refractivity contribution < 1.29 is 4.74 Å². The number of rotatable bonds is 8. The van der Waals surface area contributed by atoms with Gasteiger partial charge in [-0.05, 0) is 41.3 Å². The summed E-state index contributed by atoms with van der Waals surface area (Å²) in [6.45, 7) is 2.73. The summed E-state index contributed by atoms with van der Waals surface area (Å²) < 4.78 is 5.84. The lowest BCUT2D eigenvalue weighted by Crippen LogP contribution is -1.95. The number of aromatic nitrogens is 3. The van der Waals surface area contributed by atoms with E-state index in [1.54, 1.807) is 11.8 Å². The highest BCUT2D eigenvalue weighted by molar-refractivity contribution is 7.98. The van der Waals surface area contributed by atoms with Crippen LogP contribution in [0.1, 0.15) is 23.6 Å². The highest BCUT2D eigenvalue weighted by Gasteiger charge is 2.07. The minimum Gasteiger partial charge on any atom is -0.489 e. The molecule has 29 heavy (non-hydrogen) atoms. The van der Waals surface area contributed by atoms with Crippen LogP contribution in [0.5, 0.6) is 5.75 Å². The van der Waals surface area contributed by atoms with Crippen molar-refractivity contribution in [2.75, 3.05) is 0 Å². The van der Waals surface area contributed by atoms with Crippen LogP contribution in [0.25, 0.3) is 11.4 Å². The van der Waals surface area contributed by atoms with Gasteiger partial charge in [-0.3, -0.25) is 5.10 Å². The third-order valence-electron chi connectivity index (χ3n) is 4.61. The van der Waals surface area contributed by atoms with Crippen LogP contribution in [0.4, 0.5) is 0 Å². The topological polar surface area (TPSA) is 50.8 Å². The summed E-state index contributed by atoms with van der Waals surface area (Å²) in [5, 5.41) is 8.15. The molecule has 4 nitrogen and oxygen atoms in total. The van der Waals surface area contributed by atoms with Crippen molar-refractivity contribution in [2.24, 2.45) is 0 Å². The molecule has 1 heterocycles. The van der Waals surface area contributed by atoms with E-state index in [0.717, 1.165) is 40.0 Å². The third kappa shape index (κ3) is 5.27. The van der Waals surface area contributed by atoms with Gasteiger partial charge in [-0.25, -0.2) is 4.98 Å². The fraction of sp³-hybridized carbons (Fsp3) is 0.167. The number of thioether (sulfide) groups is 1. The first-order valence-corrected chi connectivity index (χ1v) is 10.7. The second-order valence-corrected chi connectivity index (χ2v) is 7.67. The summed E-state index contributed by atoms with van der Waals surface area (Å²) in [6.07, 6.45) is 1.01. The largest absolute Gasteiger partial charge is 0.489 e. The molecule has 1 aromatic heterocycles. The summed E-state index contributed by atoms with van der Waals surface area (Å²) in [5.74, 6) is 2.50. The van der Waals surface area contributed by atoms with Crippen LogP contribution in [0.2, 0.25) is 0 Å². The van der Waals surface area contributed by atoms with Gasteiger partial charge >= 0.3 is 0 Å². The Balaban J connectivity index is 1.32. The second-order valence-electron chi connectivity index (χ2n) is 6.73. The van der Waals surface area contributed by atoms with Crippen molar-refractivity contribution in [3.63, 3.8) is 0 Å². The Morgan fingerprint density at radius 3 is 2.45 bits per heavy atom. The minimum atomic E-state index is 0.578. The summed E-state index contributed by atoms with van der Waals surface area (Å²) >= 11 is 1.62. The van der Waals surface area contributed by atoms with E-state index in [1.165, 1.54) is 11.1 Å². The first-order valence-electron chi connectivity index (χ1n) is 9.70. The first kappa shape index (κ1) is 19.3. The number of nitrogens with one attached hydrogen (secondary N) is 1. The zero-order valence-corrected chi connectivity index (χ0v) is 17.2. The van der Waals surface area contributed by atoms with Gasteiger partial charge < -0.3 is 4.74 Å². The first-order chi connectivity index (χ1) is 14.3. The van der Waals surface area contributed by atoms with Crippen molar-refractivity contribution in [1.29, 1.82) is 0 Å². The Morgan fingerprint density at radius 2 is 1.66 bits per heavy atom. The maximum atomic E-state index is 5.84. The van der Waals surface area contributed by atoms with Gasteiger partial charge in [0.05, 0.1) is 0 Å². The van der Waals surface area contributed by atoms with Crippen LogP contribution < -0.4 is 4.74 Å². The molecule has 0 aliphatic heterocycles. The molecule has 146 valence electrons. The summed E-state index contributed by atoms with van der Waals surface area (Å²) in [5.41, 5.74) is 4.74. The molecular formula is C24H23N3OS. The molecule has 0 aliphatic carbocycles. The number of hydrogen-bond donors (Lipinski definition) is 1. The molecule has 0 amide bonds. The second kappa shape index (κ2) is 9.43. The molecule has 0 radical (unpaired) electrons. The number of aromatic amines is 1. The highest BCUT2D eigenvalue weighted by Crippen LogP contribution is 2.24. The molecule has 0 fully saturated rings. The van der Waals surface area contributed by atoms with Crippen molar-refractivity contribution in [3.8, 4) is 17.1 Å². The molecule has 0 aliphatic rings. The zero-order chi connectivity index (χ0) is 19.9. The molecule has 4 rings (SSSR count). The Morgan fingerprint density at radius 1 is 0.862 bits per heavy atom. The average molecular weight is 402 g/mol. The molecule has 0 saturated carbocycles. The predicted octanol–water partition coefficient (Wildman–Crippen LogP) is 5.91. The Bertz CT molecular complexity index is 1050. The van der Waals surface area contributed by atoms with Gasteiger partial charge in [0.2, 0.25) is 5.16 Å². The van der Waals surface area contributed by atoms with Crippen molar-refractivity contribution in [1.82, 2.24) is 15.2 Å². The highest BCUT2D eigenvalue weighted by atomic mass is 32.2. The SMILES string of the molecule is CCc1cccc(-c2nc(SCc3ccc(OCc4ccccc4)cc3)n[nH]2)c1. The maximum Gasteiger partial charge on any atom is 0.209 e. The fourth-order valence-corrected chi connectivity index (χ4v) is 3.70. The number of H-pyrrole nitrogens is 1. The number of ether oxygens (including phenoxy) is 1. The van der Waals surface area contributed by atoms with Crippen molar-refractivity contribution in [2.45, 2.75) is 30.9 Å². The monoisotopic (exact) mass is 401 g/mol. The number of hydrogen-bond acceptors (Lipinski definition) is 4. The fourth-order valence-electron chi connectivity index (χ4n) is 2.95. The molecule has 0 spiro atoms. The summed E-state index contributed by atoms with van der Waals surface area (Å²) in [7, 11) is 0. The molecule has 1 N–H and O–H groups in total. The van der Waals surface area contributed by atoms with Crippen LogP contribution in [-0.4, -0.2) is 15.2 Å². The van der Waals surface area contributed by atoms with Gasteiger partial charge in [0.15, 0.2) is 5.82 Å². The van der Waals surface area contributed by atoms with E-state index in [2.05, 4.69) is 70.6 Å². The number of nitrogens with zero attached hydrogens (tertiary/aromatic N) is 2. The molecule has 5 heteroatoms. The molecule has 0 bridgehead atoms. The van der Waals surface area contributed by atoms with Crippen molar-refractivity contribution >= 4 is 11.8 Å². The van der Waals surface area contributed by atoms with Crippen molar-refractivity contribution in [3.05, 3.63) is 95.6 Å². The average Bonchev–Trinajstić information content (AvgIpc) is 3.27. The quantitative estimate of drug-likeness (QED) is 0.373. The van der Waals surface area contributed by atoms with Crippen LogP contribution in [0, 0.1) is 0 Å². The molecule has 0 unspecified atom stereocenters. The van der Waals surface area contributed by atoms with E-state index in [9.17, 15) is 0 Å². The van der Waals surface area contributed by atoms with Gasteiger partial charge in [0, 0.05) is 11.3 Å². The van der Waals surface area contributed by atoms with Gasteiger partial charge in [-0.1, -0.05) is 79.3 Å². The van der Waals surface area contributed by atoms with Crippen LogP contribution in [-0.2, 0) is 18.8 Å². The molecule has 0 saturated heterocycles. The van der Waals surface area contributed by atoms with E-state index >= 15 is 0 Å². The number of benzene rings is 3. The Hall–Kier alpha value is -3.05. The van der Waals surface area contributed by atoms with E-state index in [0.29, 0.717) is 6.61 Å². The summed E-state index contributed by atoms with van der Waals surface area (Å²) in [6, 6.07) is 26.8. The van der Waals surface area contributed by atoms with E-state index in [-0.39, 0.29) is 0 Å². The van der Waals surface area contributed by atoms with Crippen LogP contribution >= 0.6 is 11.8 Å². The zero-order valence-electron chi connectivity index (χ0n) is 16.3. The number of aryl methyl sites for hydroxylation is 1. The summed E-state index contributed by atoms with van der Waals surface area (Å²) in [4.78, 5) is 4.62. The van der Waals surface area contributed by atoms with Gasteiger partial charge in [-0.15, -0.1) is 5.10 Å². The van der Waals surface area contributed by atoms with E-state index in [1.807, 2.05) is 30.3 Å². The molecular weight excluding hydrogens is 378 g/mol.